The molecule has 3 N–H and O–H groups in total. The average molecular weight is 609 g/mol. The molecule has 228 valence electrons. The van der Waals surface area contributed by atoms with Crippen molar-refractivity contribution in [2.45, 2.75) is 95.9 Å². The Kier molecular flexibility index (Phi) is 8.99. The molecule has 2 aromatic rings. The Labute approximate surface area is 245 Å². The SMILES string of the molecule is CC1CCC(C(=O)N(c2cc(C#CC3(C(F)(F)F)CCC3)sc2[NH+]([O-])O)C2CCC(Oc3ccc(=O)[nH]n3)CC2)CC1. The van der Waals surface area contributed by atoms with Gasteiger partial charge in [0.25, 0.3) is 5.56 Å². The lowest BCUT2D eigenvalue weighted by molar-refractivity contribution is -0.988. The van der Waals surface area contributed by atoms with E-state index >= 15 is 0 Å². The van der Waals surface area contributed by atoms with Crippen molar-refractivity contribution in [1.82, 2.24) is 10.2 Å². The Bertz CT molecular complexity index is 1360. The van der Waals surface area contributed by atoms with Crippen molar-refractivity contribution < 1.29 is 33.1 Å². The fourth-order valence-corrected chi connectivity index (χ4v) is 7.00. The van der Waals surface area contributed by atoms with Gasteiger partial charge in [-0.1, -0.05) is 30.1 Å². The maximum atomic E-state index is 14.1. The highest BCUT2D eigenvalue weighted by atomic mass is 32.1. The van der Waals surface area contributed by atoms with Crippen LogP contribution in [-0.2, 0) is 4.79 Å². The van der Waals surface area contributed by atoms with Gasteiger partial charge in [-0.05, 0) is 82.6 Å². The van der Waals surface area contributed by atoms with E-state index in [9.17, 15) is 33.2 Å². The maximum Gasteiger partial charge on any atom is 0.405 e. The van der Waals surface area contributed by atoms with E-state index in [4.69, 9.17) is 4.74 Å². The van der Waals surface area contributed by atoms with Crippen molar-refractivity contribution in [2.75, 3.05) is 4.90 Å². The molecular formula is C29H35F3N4O5S. The molecule has 3 aliphatic carbocycles. The number of carbonyl (C=O) groups is 1. The van der Waals surface area contributed by atoms with Gasteiger partial charge >= 0.3 is 6.18 Å². The van der Waals surface area contributed by atoms with Gasteiger partial charge in [0.2, 0.25) is 16.8 Å². The van der Waals surface area contributed by atoms with Crippen LogP contribution in [0.15, 0.2) is 23.0 Å². The number of hydrogen-bond donors (Lipinski definition) is 3. The molecule has 0 radical (unpaired) electrons. The van der Waals surface area contributed by atoms with Crippen LogP contribution in [0.3, 0.4) is 0 Å². The van der Waals surface area contributed by atoms with Crippen molar-refractivity contribution in [3.05, 3.63) is 38.6 Å². The lowest BCUT2D eigenvalue weighted by atomic mass is 9.69. The quantitative estimate of drug-likeness (QED) is 0.318. The number of aromatic nitrogens is 2. The molecule has 0 aromatic carbocycles. The molecule has 0 aliphatic heterocycles. The number of carbonyl (C=O) groups excluding carboxylic acids is 1. The number of quaternary nitrogens is 1. The van der Waals surface area contributed by atoms with Crippen LogP contribution >= 0.6 is 11.3 Å². The summed E-state index contributed by atoms with van der Waals surface area (Å²) < 4.78 is 47.0. The predicted octanol–water partition coefficient (Wildman–Crippen LogP) is 4.87. The van der Waals surface area contributed by atoms with Crippen LogP contribution in [0.2, 0.25) is 0 Å². The second-order valence-corrected chi connectivity index (χ2v) is 12.8. The van der Waals surface area contributed by atoms with Gasteiger partial charge in [0.15, 0.2) is 0 Å². The van der Waals surface area contributed by atoms with E-state index in [1.165, 1.54) is 18.2 Å². The number of halogens is 3. The number of anilines is 1. The number of H-pyrrole nitrogens is 1. The monoisotopic (exact) mass is 608 g/mol. The van der Waals surface area contributed by atoms with Gasteiger partial charge in [-0.25, -0.2) is 10.3 Å². The van der Waals surface area contributed by atoms with Crippen LogP contribution in [0.1, 0.15) is 82.4 Å². The Balaban J connectivity index is 1.42. The normalized spacial score (nSPS) is 26.3. The topological polar surface area (TPSA) is 123 Å². The highest BCUT2D eigenvalue weighted by molar-refractivity contribution is 7.16. The zero-order chi connectivity index (χ0) is 30.1. The fraction of sp³-hybridized carbons (Fsp3) is 0.621. The second kappa shape index (κ2) is 12.4. The Morgan fingerprint density at radius 3 is 2.43 bits per heavy atom. The lowest BCUT2D eigenvalue weighted by Gasteiger charge is -2.39. The van der Waals surface area contributed by atoms with E-state index in [0.29, 0.717) is 56.7 Å². The molecule has 1 atom stereocenters. The van der Waals surface area contributed by atoms with E-state index in [1.807, 2.05) is 0 Å². The molecule has 0 saturated heterocycles. The minimum atomic E-state index is -4.46. The molecule has 5 rings (SSSR count). The number of rotatable bonds is 6. The van der Waals surface area contributed by atoms with Gasteiger partial charge in [0, 0.05) is 24.1 Å². The largest absolute Gasteiger partial charge is 0.594 e. The van der Waals surface area contributed by atoms with Gasteiger partial charge in [-0.3, -0.25) is 9.59 Å². The van der Waals surface area contributed by atoms with Gasteiger partial charge in [0.1, 0.15) is 17.2 Å². The smallest absolute Gasteiger partial charge is 0.405 e. The summed E-state index contributed by atoms with van der Waals surface area (Å²) in [4.78, 5) is 27.2. The molecule has 0 spiro atoms. The van der Waals surface area contributed by atoms with Gasteiger partial charge in [-0.15, -0.1) is 5.10 Å². The van der Waals surface area contributed by atoms with Crippen molar-refractivity contribution in [3.63, 3.8) is 0 Å². The van der Waals surface area contributed by atoms with Gasteiger partial charge in [0.05, 0.1) is 4.88 Å². The first-order chi connectivity index (χ1) is 20.0. The first kappa shape index (κ1) is 30.5. The molecule has 2 aromatic heterocycles. The molecule has 3 saturated carbocycles. The molecule has 1 unspecified atom stereocenters. The van der Waals surface area contributed by atoms with Crippen molar-refractivity contribution in [3.8, 4) is 17.7 Å². The van der Waals surface area contributed by atoms with E-state index < -0.39 is 16.8 Å². The Morgan fingerprint density at radius 2 is 1.88 bits per heavy atom. The zero-order valence-corrected chi connectivity index (χ0v) is 24.2. The number of nitrogens with one attached hydrogen (secondary N) is 2. The minimum Gasteiger partial charge on any atom is -0.594 e. The summed E-state index contributed by atoms with van der Waals surface area (Å²) in [7, 11) is 0. The maximum absolute atomic E-state index is 14.1. The van der Waals surface area contributed by atoms with E-state index in [1.54, 1.807) is 4.90 Å². The molecule has 3 fully saturated rings. The van der Waals surface area contributed by atoms with E-state index in [0.717, 1.165) is 24.2 Å². The summed E-state index contributed by atoms with van der Waals surface area (Å²) in [6, 6.07) is 4.00. The number of thiophene rings is 1. The summed E-state index contributed by atoms with van der Waals surface area (Å²) in [5.74, 6) is 5.45. The third-order valence-electron chi connectivity index (χ3n) is 8.89. The second-order valence-electron chi connectivity index (χ2n) is 11.8. The minimum absolute atomic E-state index is 0.0713. The Morgan fingerprint density at radius 1 is 1.19 bits per heavy atom. The molecule has 2 heterocycles. The molecule has 0 bridgehead atoms. The number of ether oxygens (including phenoxy) is 1. The number of hydrogen-bond acceptors (Lipinski definition) is 7. The number of aromatic amines is 1. The number of alkyl halides is 3. The summed E-state index contributed by atoms with van der Waals surface area (Å²) in [6.45, 7) is 2.15. The van der Waals surface area contributed by atoms with Crippen LogP contribution in [0.5, 0.6) is 5.88 Å². The molecular weight excluding hydrogens is 573 g/mol. The summed E-state index contributed by atoms with van der Waals surface area (Å²) in [5.41, 5.74) is -2.19. The molecule has 42 heavy (non-hydrogen) atoms. The number of amides is 1. The number of nitrogens with zero attached hydrogens (tertiary/aromatic N) is 2. The van der Waals surface area contributed by atoms with E-state index in [2.05, 4.69) is 29.0 Å². The van der Waals surface area contributed by atoms with Gasteiger partial charge < -0.3 is 14.8 Å². The van der Waals surface area contributed by atoms with Crippen molar-refractivity contribution in [2.24, 2.45) is 17.3 Å². The predicted molar refractivity (Wildman–Crippen MR) is 149 cm³/mol. The van der Waals surface area contributed by atoms with Crippen molar-refractivity contribution in [1.29, 1.82) is 0 Å². The summed E-state index contributed by atoms with van der Waals surface area (Å²) in [5, 5.41) is 27.3. The summed E-state index contributed by atoms with van der Waals surface area (Å²) in [6.07, 6.45) is 1.09. The first-order valence-electron chi connectivity index (χ1n) is 14.5. The highest BCUT2D eigenvalue weighted by Crippen LogP contribution is 2.52. The van der Waals surface area contributed by atoms with Crippen molar-refractivity contribution >= 4 is 27.9 Å². The molecule has 3 aliphatic rings. The van der Waals surface area contributed by atoms with E-state index in [-0.39, 0.29) is 57.9 Å². The highest BCUT2D eigenvalue weighted by Gasteiger charge is 2.57. The molecule has 9 nitrogen and oxygen atoms in total. The van der Waals surface area contributed by atoms with Gasteiger partial charge in [-0.2, -0.15) is 18.4 Å². The third kappa shape index (κ3) is 6.51. The van der Waals surface area contributed by atoms with Crippen LogP contribution in [0.4, 0.5) is 23.9 Å². The lowest BCUT2D eigenvalue weighted by Crippen LogP contribution is -2.98. The fourth-order valence-electron chi connectivity index (χ4n) is 6.15. The average Bonchev–Trinajstić information content (AvgIpc) is 3.34. The van der Waals surface area contributed by atoms with Crippen LogP contribution in [-0.4, -0.2) is 39.6 Å². The van der Waals surface area contributed by atoms with Crippen LogP contribution in [0, 0.1) is 34.3 Å². The molecule has 1 amide bonds. The van der Waals surface area contributed by atoms with Crippen LogP contribution < -0.4 is 20.4 Å². The zero-order valence-electron chi connectivity index (χ0n) is 23.3. The third-order valence-corrected chi connectivity index (χ3v) is 9.92. The van der Waals surface area contributed by atoms with Crippen LogP contribution in [0.25, 0.3) is 0 Å². The Hall–Kier alpha value is -2.92. The summed E-state index contributed by atoms with van der Waals surface area (Å²) >= 11 is 0.817. The molecule has 13 heteroatoms. The first-order valence-corrected chi connectivity index (χ1v) is 15.3. The standard InChI is InChI=1S/C29H35F3N4O5S/c1-18-3-5-19(6-4-18)26(38)35(20-7-9-21(10-8-20)41-25-12-11-24(37)33-34-25)23-17-22(42-27(23)36(39)40)13-16-28(14-2-15-28)29(30,31)32/h11-12,17-21,36,39H,2-10,14-15H2,1H3,(H,33,37).